The Labute approximate surface area is 151 Å². The molecule has 1 heterocycles. The molecule has 5 nitrogen and oxygen atoms in total. The van der Waals surface area contributed by atoms with Crippen LogP contribution < -0.4 is 5.32 Å². The molecule has 2 aromatic carbocycles. The van der Waals surface area contributed by atoms with Crippen molar-refractivity contribution in [3.8, 4) is 16.9 Å². The van der Waals surface area contributed by atoms with Crippen molar-refractivity contribution in [3.63, 3.8) is 0 Å². The van der Waals surface area contributed by atoms with Crippen LogP contribution in [0.5, 0.6) is 0 Å². The van der Waals surface area contributed by atoms with Gasteiger partial charge < -0.3 is 10.1 Å². The number of amides is 1. The number of nitrogens with one attached hydrogen (secondary N) is 1. The second-order valence-electron chi connectivity index (χ2n) is 5.74. The van der Waals surface area contributed by atoms with Gasteiger partial charge in [-0.25, -0.2) is 9.07 Å². The smallest absolute Gasteiger partial charge is 0.270 e. The number of ether oxygens (including phenoxy) is 1. The molecule has 0 unspecified atom stereocenters. The summed E-state index contributed by atoms with van der Waals surface area (Å²) in [5, 5.41) is 7.32. The molecule has 0 spiro atoms. The number of carbonyl (C=O) groups is 1. The molecule has 134 valence electrons. The highest BCUT2D eigenvalue weighted by Gasteiger charge is 2.18. The first kappa shape index (κ1) is 17.8. The number of halogens is 1. The minimum atomic E-state index is -0.378. The Hall–Kier alpha value is -2.99. The van der Waals surface area contributed by atoms with Gasteiger partial charge in [-0.15, -0.1) is 0 Å². The van der Waals surface area contributed by atoms with Gasteiger partial charge in [0, 0.05) is 25.8 Å². The summed E-state index contributed by atoms with van der Waals surface area (Å²) in [6.45, 7) is 1.06. The summed E-state index contributed by atoms with van der Waals surface area (Å²) in [4.78, 5) is 12.6. The van der Waals surface area contributed by atoms with Crippen molar-refractivity contribution in [2.75, 3.05) is 20.3 Å². The van der Waals surface area contributed by atoms with Crippen LogP contribution in [0.2, 0.25) is 0 Å². The fraction of sp³-hybridized carbons (Fsp3) is 0.200. The Morgan fingerprint density at radius 2 is 1.88 bits per heavy atom. The topological polar surface area (TPSA) is 56.1 Å². The minimum Gasteiger partial charge on any atom is -0.385 e. The van der Waals surface area contributed by atoms with E-state index in [0.717, 1.165) is 5.69 Å². The molecule has 0 aliphatic heterocycles. The highest BCUT2D eigenvalue weighted by Crippen LogP contribution is 2.24. The lowest BCUT2D eigenvalue weighted by Crippen LogP contribution is -2.27. The van der Waals surface area contributed by atoms with Crippen molar-refractivity contribution in [3.05, 3.63) is 72.2 Å². The number of nitrogens with zero attached hydrogens (tertiary/aromatic N) is 2. The summed E-state index contributed by atoms with van der Waals surface area (Å²) in [6, 6.07) is 17.3. The highest BCUT2D eigenvalue weighted by molar-refractivity contribution is 5.94. The molecule has 26 heavy (non-hydrogen) atoms. The van der Waals surface area contributed by atoms with Crippen LogP contribution >= 0.6 is 0 Å². The lowest BCUT2D eigenvalue weighted by Gasteiger charge is -2.08. The van der Waals surface area contributed by atoms with Crippen LogP contribution in [-0.2, 0) is 4.74 Å². The van der Waals surface area contributed by atoms with E-state index in [9.17, 15) is 9.18 Å². The molecule has 0 aliphatic rings. The van der Waals surface area contributed by atoms with Gasteiger partial charge in [-0.05, 0) is 36.8 Å². The molecular weight excluding hydrogens is 333 g/mol. The van der Waals surface area contributed by atoms with Gasteiger partial charge in [0.05, 0.1) is 11.4 Å². The second-order valence-corrected chi connectivity index (χ2v) is 5.74. The van der Waals surface area contributed by atoms with Crippen molar-refractivity contribution in [2.45, 2.75) is 6.42 Å². The first-order valence-electron chi connectivity index (χ1n) is 8.38. The molecule has 0 bridgehead atoms. The molecular formula is C20H20FN3O2. The molecule has 3 aromatic rings. The summed E-state index contributed by atoms with van der Waals surface area (Å²) >= 11 is 0. The van der Waals surface area contributed by atoms with Crippen LogP contribution in [0.4, 0.5) is 4.39 Å². The molecule has 0 saturated heterocycles. The molecule has 0 fully saturated rings. The Morgan fingerprint density at radius 3 is 2.62 bits per heavy atom. The van der Waals surface area contributed by atoms with Crippen LogP contribution in [0.3, 0.4) is 0 Å². The lowest BCUT2D eigenvalue weighted by molar-refractivity contribution is 0.0941. The van der Waals surface area contributed by atoms with Gasteiger partial charge in [0.25, 0.3) is 5.91 Å². The third-order valence-electron chi connectivity index (χ3n) is 3.90. The van der Waals surface area contributed by atoms with Crippen LogP contribution in [0.25, 0.3) is 16.9 Å². The second kappa shape index (κ2) is 8.40. The standard InChI is InChI=1S/C20H20FN3O2/c1-26-13-7-12-22-20(25)19-14-18(16-10-5-6-11-17(16)21)23-24(19)15-8-3-2-4-9-15/h2-6,8-11,14H,7,12-13H2,1H3,(H,22,25). The maximum absolute atomic E-state index is 14.1. The summed E-state index contributed by atoms with van der Waals surface area (Å²) in [5.74, 6) is -0.641. The predicted octanol–water partition coefficient (Wildman–Crippen LogP) is 3.44. The van der Waals surface area contributed by atoms with Crippen molar-refractivity contribution in [1.82, 2.24) is 15.1 Å². The molecule has 0 saturated carbocycles. The molecule has 1 N–H and O–H groups in total. The normalized spacial score (nSPS) is 10.7. The molecule has 0 radical (unpaired) electrons. The van der Waals surface area contributed by atoms with Gasteiger partial charge >= 0.3 is 0 Å². The van der Waals surface area contributed by atoms with E-state index in [4.69, 9.17) is 4.74 Å². The molecule has 1 amide bonds. The van der Waals surface area contributed by atoms with E-state index < -0.39 is 0 Å². The number of rotatable bonds is 7. The number of hydrogen-bond donors (Lipinski definition) is 1. The SMILES string of the molecule is COCCCNC(=O)c1cc(-c2ccccc2F)nn1-c1ccccc1. The zero-order chi connectivity index (χ0) is 18.4. The van der Waals surface area contributed by atoms with Gasteiger partial charge in [0.1, 0.15) is 11.5 Å². The largest absolute Gasteiger partial charge is 0.385 e. The summed E-state index contributed by atoms with van der Waals surface area (Å²) in [7, 11) is 1.62. The van der Waals surface area contributed by atoms with Crippen molar-refractivity contribution in [2.24, 2.45) is 0 Å². The van der Waals surface area contributed by atoms with Crippen molar-refractivity contribution < 1.29 is 13.9 Å². The third-order valence-corrected chi connectivity index (χ3v) is 3.90. The fourth-order valence-electron chi connectivity index (χ4n) is 2.62. The highest BCUT2D eigenvalue weighted by atomic mass is 19.1. The van der Waals surface area contributed by atoms with Crippen LogP contribution in [0, 0.1) is 5.82 Å². The zero-order valence-electron chi connectivity index (χ0n) is 14.5. The Morgan fingerprint density at radius 1 is 1.15 bits per heavy atom. The average Bonchev–Trinajstić information content (AvgIpc) is 3.11. The minimum absolute atomic E-state index is 0.264. The monoisotopic (exact) mass is 353 g/mol. The van der Waals surface area contributed by atoms with Gasteiger partial charge in [-0.1, -0.05) is 30.3 Å². The van der Waals surface area contributed by atoms with E-state index in [1.807, 2.05) is 30.3 Å². The molecule has 1 aromatic heterocycles. The molecule has 6 heteroatoms. The van der Waals surface area contributed by atoms with E-state index in [1.165, 1.54) is 10.7 Å². The quantitative estimate of drug-likeness (QED) is 0.662. The molecule has 0 aliphatic carbocycles. The van der Waals surface area contributed by atoms with Crippen molar-refractivity contribution in [1.29, 1.82) is 0 Å². The lowest BCUT2D eigenvalue weighted by atomic mass is 10.1. The predicted molar refractivity (Wildman–Crippen MR) is 97.8 cm³/mol. The number of aromatic nitrogens is 2. The van der Waals surface area contributed by atoms with Crippen LogP contribution in [-0.4, -0.2) is 35.9 Å². The Kier molecular flexibility index (Phi) is 5.76. The van der Waals surface area contributed by atoms with Crippen molar-refractivity contribution >= 4 is 5.91 Å². The number of hydrogen-bond acceptors (Lipinski definition) is 3. The van der Waals surface area contributed by atoms with Gasteiger partial charge in [-0.3, -0.25) is 4.79 Å². The van der Waals surface area contributed by atoms with E-state index in [1.54, 1.807) is 31.4 Å². The van der Waals surface area contributed by atoms with E-state index >= 15 is 0 Å². The summed E-state index contributed by atoms with van der Waals surface area (Å²) in [5.41, 5.74) is 1.86. The van der Waals surface area contributed by atoms with E-state index in [-0.39, 0.29) is 11.7 Å². The average molecular weight is 353 g/mol. The van der Waals surface area contributed by atoms with Crippen LogP contribution in [0.1, 0.15) is 16.9 Å². The summed E-state index contributed by atoms with van der Waals surface area (Å²) in [6.07, 6.45) is 0.710. The van der Waals surface area contributed by atoms with Crippen LogP contribution in [0.15, 0.2) is 60.7 Å². The molecule has 3 rings (SSSR count). The maximum Gasteiger partial charge on any atom is 0.270 e. The fourth-order valence-corrected chi connectivity index (χ4v) is 2.62. The number of benzene rings is 2. The maximum atomic E-state index is 14.1. The third kappa shape index (κ3) is 3.97. The first-order valence-corrected chi connectivity index (χ1v) is 8.38. The Bertz CT molecular complexity index is 878. The van der Waals surface area contributed by atoms with Gasteiger partial charge in [-0.2, -0.15) is 5.10 Å². The van der Waals surface area contributed by atoms with E-state index in [0.29, 0.717) is 36.5 Å². The number of methoxy groups -OCH3 is 1. The van der Waals surface area contributed by atoms with Gasteiger partial charge in [0.2, 0.25) is 0 Å². The zero-order valence-corrected chi connectivity index (χ0v) is 14.5. The number of carbonyl (C=O) groups excluding carboxylic acids is 1. The first-order chi connectivity index (χ1) is 12.7. The Balaban J connectivity index is 1.96. The van der Waals surface area contributed by atoms with Gasteiger partial charge in [0.15, 0.2) is 0 Å². The molecule has 0 atom stereocenters. The summed E-state index contributed by atoms with van der Waals surface area (Å²) < 4.78 is 20.7. The van der Waals surface area contributed by atoms with E-state index in [2.05, 4.69) is 10.4 Å². The number of para-hydroxylation sites is 1.